The Kier molecular flexibility index (Phi) is 14.8. The standard InChI is InChI=1S/C96H66N6/c1-7-25-67(26-8-1)70-43-49-76(50-44-70)100-91-40-22-19-37-85(91)88-64-79(55-58-94(88)100)97(73-31-13-4-14-32-73)82-61-83(98(74-33-15-5-16-34-74)80-56-59-95-89(65-80)86-38-20-23-41-92(86)101(95)77-51-45-71(46-52-77)68-27-9-2-10-28-68)63-84(62-82)99(75-35-17-6-18-36-75)81-57-60-96-90(66-81)87-39-21-24-42-93(87)102(96)78-53-47-72(48-54-78)69-29-11-3-12-30-69/h1-66H. The van der Waals surface area contributed by atoms with Gasteiger partial charge in [0.2, 0.25) is 0 Å². The molecule has 0 unspecified atom stereocenters. The minimum Gasteiger partial charge on any atom is -0.310 e. The maximum absolute atomic E-state index is 2.44. The Labute approximate surface area is 592 Å². The molecule has 0 aliphatic rings. The average Bonchev–Trinajstić information content (AvgIpc) is 1.42. The predicted octanol–water partition coefficient (Wildman–Crippen LogP) is 26.4. The highest BCUT2D eigenvalue weighted by Crippen LogP contribution is 2.49. The van der Waals surface area contributed by atoms with Crippen LogP contribution >= 0.6 is 0 Å². The molecule has 0 aliphatic carbocycles. The van der Waals surface area contributed by atoms with Crippen LogP contribution in [0.15, 0.2) is 400 Å². The van der Waals surface area contributed by atoms with Gasteiger partial charge < -0.3 is 28.4 Å². The first-order valence-electron chi connectivity index (χ1n) is 34.9. The summed E-state index contributed by atoms with van der Waals surface area (Å²) < 4.78 is 7.24. The number of aromatic nitrogens is 3. The van der Waals surface area contributed by atoms with Crippen LogP contribution < -0.4 is 14.7 Å². The van der Waals surface area contributed by atoms with Gasteiger partial charge in [-0.1, -0.05) is 237 Å². The fraction of sp³-hybridized carbons (Fsp3) is 0. The van der Waals surface area contributed by atoms with Crippen LogP contribution in [0.5, 0.6) is 0 Å². The summed E-state index contributed by atoms with van der Waals surface area (Å²) in [5.74, 6) is 0. The van der Waals surface area contributed by atoms with Gasteiger partial charge in [-0.15, -0.1) is 0 Å². The van der Waals surface area contributed by atoms with Crippen molar-refractivity contribution in [3.05, 3.63) is 400 Å². The van der Waals surface area contributed by atoms with E-state index in [0.29, 0.717) is 0 Å². The molecule has 0 N–H and O–H groups in total. The van der Waals surface area contributed by atoms with Crippen molar-refractivity contribution in [3.8, 4) is 50.4 Å². The van der Waals surface area contributed by atoms with Crippen molar-refractivity contribution in [3.63, 3.8) is 0 Å². The van der Waals surface area contributed by atoms with Gasteiger partial charge in [-0.05, 0) is 197 Å². The molecule has 3 heterocycles. The van der Waals surface area contributed by atoms with E-state index in [1.54, 1.807) is 0 Å². The topological polar surface area (TPSA) is 24.5 Å². The number of rotatable bonds is 15. The maximum atomic E-state index is 2.44. The Morgan fingerprint density at radius 3 is 0.618 bits per heavy atom. The molecule has 0 saturated carbocycles. The summed E-state index contributed by atoms with van der Waals surface area (Å²) in [4.78, 5) is 7.33. The zero-order chi connectivity index (χ0) is 67.5. The zero-order valence-electron chi connectivity index (χ0n) is 55.8. The SMILES string of the molecule is c1ccc(-c2ccc(-n3c4ccccc4c4cc(N(c5ccccc5)c5cc(N(c6ccccc6)c6ccc7c(c6)c6ccccc6n7-c6ccc(-c7ccccc7)cc6)cc(N(c6ccccc6)c6ccc7c(c6)c6ccccc6n7-c6ccc(-c7ccccc7)cc6)c5)ccc43)cc2)cc1. The van der Waals surface area contributed by atoms with E-state index in [1.807, 2.05) is 0 Å². The monoisotopic (exact) mass is 1300 g/mol. The first-order valence-corrected chi connectivity index (χ1v) is 34.9. The lowest BCUT2D eigenvalue weighted by molar-refractivity contribution is 1.18. The van der Waals surface area contributed by atoms with E-state index in [2.05, 4.69) is 429 Å². The second-order valence-electron chi connectivity index (χ2n) is 26.1. The second kappa shape index (κ2) is 25.3. The van der Waals surface area contributed by atoms with E-state index in [4.69, 9.17) is 0 Å². The first-order chi connectivity index (χ1) is 50.6. The minimum absolute atomic E-state index is 0.975. The first kappa shape index (κ1) is 59.6. The van der Waals surface area contributed by atoms with E-state index in [-0.39, 0.29) is 0 Å². The van der Waals surface area contributed by atoms with E-state index < -0.39 is 0 Å². The summed E-state index contributed by atoms with van der Waals surface area (Å²) in [5, 5.41) is 7.00. The smallest absolute Gasteiger partial charge is 0.0542 e. The summed E-state index contributed by atoms with van der Waals surface area (Å²) in [5.41, 5.74) is 26.3. The van der Waals surface area contributed by atoms with Crippen molar-refractivity contribution >= 4 is 117 Å². The van der Waals surface area contributed by atoms with Crippen LogP contribution in [0, 0.1) is 0 Å². The fourth-order valence-corrected chi connectivity index (χ4v) is 15.5. The third-order valence-corrected chi connectivity index (χ3v) is 20.1. The molecule has 3 aromatic heterocycles. The lowest BCUT2D eigenvalue weighted by atomic mass is 10.1. The third kappa shape index (κ3) is 10.5. The van der Waals surface area contributed by atoms with E-state index in [9.17, 15) is 0 Å². The van der Waals surface area contributed by atoms with Crippen LogP contribution in [-0.2, 0) is 0 Å². The number of hydrogen-bond donors (Lipinski definition) is 0. The van der Waals surface area contributed by atoms with E-state index >= 15 is 0 Å². The van der Waals surface area contributed by atoms with Gasteiger partial charge in [-0.3, -0.25) is 0 Å². The van der Waals surface area contributed by atoms with Crippen molar-refractivity contribution in [1.82, 2.24) is 13.7 Å². The van der Waals surface area contributed by atoms with Gasteiger partial charge in [0.1, 0.15) is 0 Å². The number of hydrogen-bond acceptors (Lipinski definition) is 3. The molecular weight excluding hydrogens is 1240 g/mol. The van der Waals surface area contributed by atoms with Gasteiger partial charge in [-0.25, -0.2) is 0 Å². The molecule has 6 heteroatoms. The van der Waals surface area contributed by atoms with Crippen molar-refractivity contribution in [2.75, 3.05) is 14.7 Å². The van der Waals surface area contributed by atoms with Crippen molar-refractivity contribution in [2.24, 2.45) is 0 Å². The Balaban J connectivity index is 0.828. The van der Waals surface area contributed by atoms with Gasteiger partial charge >= 0.3 is 0 Å². The molecule has 0 spiro atoms. The van der Waals surface area contributed by atoms with Gasteiger partial charge in [0.05, 0.1) is 50.2 Å². The van der Waals surface area contributed by atoms with E-state index in [0.717, 1.165) is 118 Å². The molecule has 0 bridgehead atoms. The fourth-order valence-electron chi connectivity index (χ4n) is 15.5. The third-order valence-electron chi connectivity index (χ3n) is 20.1. The molecule has 0 aliphatic heterocycles. The van der Waals surface area contributed by atoms with Crippen LogP contribution in [-0.4, -0.2) is 13.7 Å². The van der Waals surface area contributed by atoms with Crippen molar-refractivity contribution < 1.29 is 0 Å². The molecule has 6 nitrogen and oxygen atoms in total. The van der Waals surface area contributed by atoms with Crippen LogP contribution in [0.25, 0.3) is 116 Å². The predicted molar refractivity (Wildman–Crippen MR) is 430 cm³/mol. The minimum atomic E-state index is 0.975. The molecule has 16 aromatic carbocycles. The number of anilines is 9. The molecule has 0 radical (unpaired) electrons. The molecule has 19 aromatic rings. The Bertz CT molecular complexity index is 5640. The summed E-state index contributed by atoms with van der Waals surface area (Å²) in [7, 11) is 0. The second-order valence-corrected chi connectivity index (χ2v) is 26.1. The Hall–Kier alpha value is -13.7. The summed E-state index contributed by atoms with van der Waals surface area (Å²) in [6.07, 6.45) is 0. The van der Waals surface area contributed by atoms with Crippen LogP contribution in [0.2, 0.25) is 0 Å². The van der Waals surface area contributed by atoms with Gasteiger partial charge in [0.25, 0.3) is 0 Å². The normalized spacial score (nSPS) is 11.5. The summed E-state index contributed by atoms with van der Waals surface area (Å²) in [6, 6.07) is 146. The van der Waals surface area contributed by atoms with Crippen LogP contribution in [0.1, 0.15) is 0 Å². The molecule has 19 rings (SSSR count). The number of fused-ring (bicyclic) bond motifs is 9. The zero-order valence-corrected chi connectivity index (χ0v) is 55.8. The van der Waals surface area contributed by atoms with Gasteiger partial charge in [0, 0.05) is 83.5 Å². The van der Waals surface area contributed by atoms with Crippen LogP contribution in [0.3, 0.4) is 0 Å². The molecule has 0 atom stereocenters. The molecule has 0 fully saturated rings. The van der Waals surface area contributed by atoms with Gasteiger partial charge in [0.15, 0.2) is 0 Å². The molecule has 0 saturated heterocycles. The number of para-hydroxylation sites is 6. The highest BCUT2D eigenvalue weighted by Gasteiger charge is 2.26. The Morgan fingerprint density at radius 2 is 0.353 bits per heavy atom. The molecular formula is C96H66N6. The lowest BCUT2D eigenvalue weighted by Crippen LogP contribution is -2.16. The van der Waals surface area contributed by atoms with Crippen molar-refractivity contribution in [2.45, 2.75) is 0 Å². The highest BCUT2D eigenvalue weighted by atomic mass is 15.2. The molecule has 0 amide bonds. The van der Waals surface area contributed by atoms with Crippen molar-refractivity contribution in [1.29, 1.82) is 0 Å². The molecule has 102 heavy (non-hydrogen) atoms. The maximum Gasteiger partial charge on any atom is 0.0542 e. The number of benzene rings is 16. The van der Waals surface area contributed by atoms with E-state index in [1.165, 1.54) is 49.5 Å². The largest absolute Gasteiger partial charge is 0.310 e. The van der Waals surface area contributed by atoms with Gasteiger partial charge in [-0.2, -0.15) is 0 Å². The highest BCUT2D eigenvalue weighted by molar-refractivity contribution is 6.14. The quantitative estimate of drug-likeness (QED) is 0.102. The van der Waals surface area contributed by atoms with Crippen LogP contribution in [0.4, 0.5) is 51.2 Å². The summed E-state index contributed by atoms with van der Waals surface area (Å²) in [6.45, 7) is 0. The lowest BCUT2D eigenvalue weighted by Gasteiger charge is -2.33. The molecule has 480 valence electrons. The Morgan fingerprint density at radius 1 is 0.137 bits per heavy atom. The number of nitrogens with zero attached hydrogens (tertiary/aromatic N) is 6. The summed E-state index contributed by atoms with van der Waals surface area (Å²) >= 11 is 0. The average molecular weight is 1300 g/mol.